The second kappa shape index (κ2) is 2.59. The summed E-state index contributed by atoms with van der Waals surface area (Å²) in [5, 5.41) is 3.51. The maximum absolute atomic E-state index is 10.2. The molecule has 1 aliphatic rings. The quantitative estimate of drug-likeness (QED) is 0.495. The third-order valence-corrected chi connectivity index (χ3v) is 1.30. The first-order chi connectivity index (χ1) is 4.86. The van der Waals surface area contributed by atoms with E-state index in [1.807, 2.05) is 0 Å². The number of hydrogen-bond donors (Lipinski definition) is 1. The zero-order valence-electron chi connectivity index (χ0n) is 5.53. The molecule has 0 amide bonds. The van der Waals surface area contributed by atoms with E-state index in [0.717, 1.165) is 0 Å². The van der Waals surface area contributed by atoms with Crippen LogP contribution in [-0.4, -0.2) is 15.0 Å². The molecule has 1 heterocycles. The average molecular weight is 143 g/mol. The van der Waals surface area contributed by atoms with Gasteiger partial charge in [0, 0.05) is 5.71 Å². The largest absolute Gasteiger partial charge is 0.455 e. The van der Waals surface area contributed by atoms with Crippen molar-refractivity contribution in [1.29, 1.82) is 5.40 Å². The van der Waals surface area contributed by atoms with E-state index in [2.05, 4.69) is 5.40 Å². The van der Waals surface area contributed by atoms with E-state index in [1.165, 1.54) is 6.26 Å². The van der Waals surface area contributed by atoms with Crippen LogP contribution >= 0.6 is 0 Å². The summed E-state index contributed by atoms with van der Waals surface area (Å²) in [4.78, 5) is 0. The maximum atomic E-state index is 10.2. The normalized spacial score (nSPS) is 23.3. The molecule has 0 atom stereocenters. The highest BCUT2D eigenvalue weighted by Crippen LogP contribution is 1.98. The van der Waals surface area contributed by atoms with Crippen LogP contribution in [0, 0.1) is 5.40 Å². The molecule has 3 nitrogen and oxygen atoms in total. The van der Waals surface area contributed by atoms with Crippen LogP contribution in [0.5, 0.6) is 0 Å². The molecule has 0 saturated heterocycles. The molecule has 1 aliphatic heterocycles. The van der Waals surface area contributed by atoms with Gasteiger partial charge in [-0.1, -0.05) is 0 Å². The first-order valence-electron chi connectivity index (χ1n) is 2.81. The van der Waals surface area contributed by atoms with Crippen molar-refractivity contribution in [2.75, 3.05) is 0 Å². The molecule has 0 aromatic rings. The molecule has 0 aromatic carbocycles. The minimum absolute atomic E-state index is 0.294. The van der Waals surface area contributed by atoms with Gasteiger partial charge in [0.05, 0.1) is 12.7 Å². The molecule has 0 radical (unpaired) electrons. The predicted octanol–water partition coefficient (Wildman–Crippen LogP) is 0.283. The van der Waals surface area contributed by atoms with E-state index in [-0.39, 0.29) is 0 Å². The molecule has 1 N–H and O–H groups in total. The van der Waals surface area contributed by atoms with Crippen LogP contribution in [0.4, 0.5) is 0 Å². The second-order valence-corrected chi connectivity index (χ2v) is 2.17. The van der Waals surface area contributed by atoms with Gasteiger partial charge in [0.2, 0.25) is 5.05 Å². The Bertz CT molecular complexity index is 242. The van der Waals surface area contributed by atoms with Crippen molar-refractivity contribution in [1.82, 2.24) is 0 Å². The Morgan fingerprint density at radius 1 is 2.00 bits per heavy atom. The Morgan fingerprint density at radius 2 is 2.89 bits per heavy atom. The molecule has 9 heavy (non-hydrogen) atoms. The Balaban J connectivity index is 2.82. The van der Waals surface area contributed by atoms with E-state index >= 15 is 0 Å². The molecule has 48 valence electrons. The van der Waals surface area contributed by atoms with Crippen molar-refractivity contribution in [3.8, 4) is 0 Å². The van der Waals surface area contributed by atoms with Gasteiger partial charge in [-0.25, -0.2) is 4.21 Å². The van der Waals surface area contributed by atoms with Gasteiger partial charge >= 0.3 is 0 Å². The van der Waals surface area contributed by atoms with Crippen molar-refractivity contribution < 1.29 is 10.4 Å². The van der Waals surface area contributed by atoms with Crippen LogP contribution in [0.1, 0.15) is 6.42 Å². The highest BCUT2D eigenvalue weighted by atomic mass is 32.1. The van der Waals surface area contributed by atoms with Gasteiger partial charge in [-0.15, -0.1) is 0 Å². The molecule has 4 heteroatoms. The van der Waals surface area contributed by atoms with Crippen LogP contribution in [-0.2, 0) is 16.0 Å². The summed E-state index contributed by atoms with van der Waals surface area (Å²) in [7, 11) is 0. The topological polar surface area (TPSA) is 50.1 Å². The van der Waals surface area contributed by atoms with Gasteiger partial charge in [-0.2, -0.15) is 0 Å². The number of nitrogens with one attached hydrogen (secondary N) is 1. The lowest BCUT2D eigenvalue weighted by Gasteiger charge is -2.04. The summed E-state index contributed by atoms with van der Waals surface area (Å²) in [5.74, 6) is 0. The van der Waals surface area contributed by atoms with Crippen molar-refractivity contribution in [2.24, 2.45) is 0 Å². The van der Waals surface area contributed by atoms with Gasteiger partial charge in [0.25, 0.3) is 0 Å². The standard InChI is InChI=1S/C5H5NO2S/c6-4-1-2-8-5(3-4)9-7/h1-2,6H,3H2/b6-4-. The number of hydrogen-bond acceptors (Lipinski definition) is 3. The molecule has 0 fully saturated rings. The summed E-state index contributed by atoms with van der Waals surface area (Å²) >= 11 is 0.294. The van der Waals surface area contributed by atoms with Gasteiger partial charge < -0.3 is 10.1 Å². The first-order valence-corrected chi connectivity index (χ1v) is 3.10. The SMILES string of the molecule is [H]/N=C1/C=COC(=S=O)C1. The molecule has 0 aliphatic carbocycles. The van der Waals surface area contributed by atoms with Crippen LogP contribution < -0.4 is 0 Å². The van der Waals surface area contributed by atoms with Crippen molar-refractivity contribution in [3.05, 3.63) is 12.3 Å². The number of ether oxygens (including phenoxy) is 1. The Morgan fingerprint density at radius 3 is 3.56 bits per heavy atom. The molecule has 0 aromatic heterocycles. The third kappa shape index (κ3) is 1.50. The smallest absolute Gasteiger partial charge is 0.201 e. The minimum atomic E-state index is 0.294. The average Bonchev–Trinajstić information content (AvgIpc) is 2.05. The fourth-order valence-corrected chi connectivity index (χ4v) is 0.788. The molecular weight excluding hydrogens is 138 g/mol. The summed E-state index contributed by atoms with van der Waals surface area (Å²) in [5.41, 5.74) is 0.546. The highest BCUT2D eigenvalue weighted by molar-refractivity contribution is 7.66. The number of allylic oxidation sites excluding steroid dienone is 1. The zero-order valence-corrected chi connectivity index (χ0v) is 5.35. The van der Waals surface area contributed by atoms with Gasteiger partial charge in [-0.05, 0) is 6.08 Å². The Hall–Kier alpha value is -0.900. The van der Waals surface area contributed by atoms with Gasteiger partial charge in [0.1, 0.15) is 11.3 Å². The van der Waals surface area contributed by atoms with Crippen molar-refractivity contribution >= 4 is 22.0 Å². The van der Waals surface area contributed by atoms with E-state index in [0.29, 0.717) is 28.4 Å². The highest BCUT2D eigenvalue weighted by Gasteiger charge is 2.05. The van der Waals surface area contributed by atoms with E-state index in [4.69, 9.17) is 6.15 Å². The summed E-state index contributed by atoms with van der Waals surface area (Å²) in [6.45, 7) is 0. The number of rotatable bonds is 0. The lowest BCUT2D eigenvalue weighted by atomic mass is 10.2. The Kier molecular flexibility index (Phi) is 1.42. The first kappa shape index (κ1) is 4.93. The molecule has 0 saturated carbocycles. The van der Waals surface area contributed by atoms with E-state index in [1.54, 1.807) is 6.08 Å². The predicted molar refractivity (Wildman–Crippen MR) is 35.7 cm³/mol. The minimum Gasteiger partial charge on any atom is -0.455 e. The van der Waals surface area contributed by atoms with Gasteiger partial charge in [-0.3, -0.25) is 0 Å². The fraction of sp³-hybridized carbons (Fsp3) is 0.200. The van der Waals surface area contributed by atoms with Crippen LogP contribution in [0.25, 0.3) is 0 Å². The fourth-order valence-electron chi connectivity index (χ4n) is 0.486. The molecule has 0 spiro atoms. The lowest BCUT2D eigenvalue weighted by molar-refractivity contribution is 0.472. The summed E-state index contributed by atoms with van der Waals surface area (Å²) in [6.07, 6.45) is 3.26. The van der Waals surface area contributed by atoms with Gasteiger partial charge in [0.15, 0.2) is 1.41 Å². The molecule has 0 bridgehead atoms. The summed E-state index contributed by atoms with van der Waals surface area (Å²) in [6, 6.07) is 0. The lowest BCUT2D eigenvalue weighted by Crippen LogP contribution is -2.10. The van der Waals surface area contributed by atoms with Crippen molar-refractivity contribution in [3.63, 3.8) is 0 Å². The molecule has 0 unspecified atom stereocenters. The van der Waals surface area contributed by atoms with E-state index in [9.17, 15) is 4.21 Å². The van der Waals surface area contributed by atoms with Crippen LogP contribution in [0.15, 0.2) is 12.3 Å². The summed E-state index contributed by atoms with van der Waals surface area (Å²) < 4.78 is 21.6. The maximum Gasteiger partial charge on any atom is 0.201 e. The second-order valence-electron chi connectivity index (χ2n) is 1.54. The monoisotopic (exact) mass is 143 g/mol. The molecule has 1 rings (SSSR count). The van der Waals surface area contributed by atoms with E-state index < -0.39 is 0 Å². The van der Waals surface area contributed by atoms with Crippen LogP contribution in [0.2, 0.25) is 1.41 Å². The Labute approximate surface area is 57.4 Å². The van der Waals surface area contributed by atoms with Crippen molar-refractivity contribution in [2.45, 2.75) is 6.42 Å². The zero-order chi connectivity index (χ0) is 7.40. The third-order valence-electron chi connectivity index (χ3n) is 0.878. The molecular formula is C5H5NO2S. The van der Waals surface area contributed by atoms with Crippen LogP contribution in [0.3, 0.4) is 0 Å².